The summed E-state index contributed by atoms with van der Waals surface area (Å²) in [4.78, 5) is 0. The van der Waals surface area contributed by atoms with Crippen LogP contribution in [-0.2, 0) is 0 Å². The van der Waals surface area contributed by atoms with E-state index < -0.39 is 0 Å². The smallest absolute Gasteiger partial charge is 0.171 e. The maximum absolute atomic E-state index is 13.7. The summed E-state index contributed by atoms with van der Waals surface area (Å²) in [6.45, 7) is 2.24. The lowest BCUT2D eigenvalue weighted by molar-refractivity contribution is 0.309. The molecular weight excluding hydrogens is 327 g/mol. The lowest BCUT2D eigenvalue weighted by Gasteiger charge is -2.30. The van der Waals surface area contributed by atoms with Gasteiger partial charge in [-0.2, -0.15) is 0 Å². The van der Waals surface area contributed by atoms with Gasteiger partial charge < -0.3 is 10.6 Å². The molecule has 0 radical (unpaired) electrons. The van der Waals surface area contributed by atoms with Gasteiger partial charge in [-0.05, 0) is 49.2 Å². The number of hydrogen-bond donors (Lipinski definition) is 2. The van der Waals surface area contributed by atoms with Gasteiger partial charge in [-0.1, -0.05) is 35.7 Å². The average molecular weight is 345 g/mol. The highest BCUT2D eigenvalue weighted by molar-refractivity contribution is 9.10. The Morgan fingerprint density at radius 2 is 2.11 bits per heavy atom. The minimum absolute atomic E-state index is 0.310. The summed E-state index contributed by atoms with van der Waals surface area (Å²) in [6.07, 6.45) is 4.89. The van der Waals surface area contributed by atoms with Gasteiger partial charge >= 0.3 is 0 Å². The molecular formula is C14H18BrFN2S. The Labute approximate surface area is 127 Å². The largest absolute Gasteiger partial charge is 0.359 e. The van der Waals surface area contributed by atoms with Gasteiger partial charge in [0, 0.05) is 10.5 Å². The lowest BCUT2D eigenvalue weighted by atomic mass is 9.86. The highest BCUT2D eigenvalue weighted by Crippen LogP contribution is 2.24. The van der Waals surface area contributed by atoms with E-state index in [1.165, 1.54) is 25.3 Å². The number of halogens is 2. The number of rotatable bonds is 2. The van der Waals surface area contributed by atoms with E-state index in [1.807, 2.05) is 0 Å². The van der Waals surface area contributed by atoms with Gasteiger partial charge in [0.2, 0.25) is 0 Å². The van der Waals surface area contributed by atoms with Gasteiger partial charge in [0.25, 0.3) is 0 Å². The fourth-order valence-corrected chi connectivity index (χ4v) is 3.04. The quantitative estimate of drug-likeness (QED) is 0.775. The molecule has 0 saturated heterocycles. The summed E-state index contributed by atoms with van der Waals surface area (Å²) in [5, 5.41) is 6.73. The Kier molecular flexibility index (Phi) is 5.16. The third-order valence-corrected chi connectivity index (χ3v) is 4.32. The van der Waals surface area contributed by atoms with Gasteiger partial charge in [0.05, 0.1) is 5.69 Å². The van der Waals surface area contributed by atoms with E-state index in [-0.39, 0.29) is 5.82 Å². The monoisotopic (exact) mass is 344 g/mol. The molecule has 0 aliphatic heterocycles. The van der Waals surface area contributed by atoms with Crippen molar-refractivity contribution in [1.29, 1.82) is 0 Å². The maximum atomic E-state index is 13.7. The SMILES string of the molecule is C[C@@H]1CCCC[C@@H]1NC(=S)Nc1ccc(Br)cc1F. The fraction of sp³-hybridized carbons (Fsp3) is 0.500. The van der Waals surface area contributed by atoms with Crippen LogP contribution in [0.25, 0.3) is 0 Å². The van der Waals surface area contributed by atoms with E-state index in [9.17, 15) is 4.39 Å². The summed E-state index contributed by atoms with van der Waals surface area (Å²) >= 11 is 8.50. The summed E-state index contributed by atoms with van der Waals surface area (Å²) in [6, 6.07) is 5.29. The number of thiocarbonyl (C=S) groups is 1. The molecule has 0 unspecified atom stereocenters. The van der Waals surface area contributed by atoms with E-state index in [2.05, 4.69) is 33.5 Å². The Morgan fingerprint density at radius 3 is 2.79 bits per heavy atom. The van der Waals surface area contributed by atoms with Crippen molar-refractivity contribution in [2.45, 2.75) is 38.6 Å². The van der Waals surface area contributed by atoms with E-state index in [4.69, 9.17) is 12.2 Å². The number of anilines is 1. The molecule has 1 aromatic carbocycles. The molecule has 0 spiro atoms. The van der Waals surface area contributed by atoms with Crippen molar-refractivity contribution in [2.24, 2.45) is 5.92 Å². The lowest BCUT2D eigenvalue weighted by Crippen LogP contribution is -2.43. The predicted molar refractivity (Wildman–Crippen MR) is 84.9 cm³/mol. The van der Waals surface area contributed by atoms with Crippen molar-refractivity contribution in [3.8, 4) is 0 Å². The highest BCUT2D eigenvalue weighted by Gasteiger charge is 2.21. The molecule has 1 fully saturated rings. The molecule has 0 heterocycles. The van der Waals surface area contributed by atoms with Crippen LogP contribution >= 0.6 is 28.1 Å². The van der Waals surface area contributed by atoms with Crippen LogP contribution in [0.2, 0.25) is 0 Å². The first kappa shape index (κ1) is 14.7. The topological polar surface area (TPSA) is 24.1 Å². The van der Waals surface area contributed by atoms with E-state index in [1.54, 1.807) is 12.1 Å². The zero-order chi connectivity index (χ0) is 13.8. The van der Waals surface area contributed by atoms with Crippen LogP contribution in [0.15, 0.2) is 22.7 Å². The number of nitrogens with one attached hydrogen (secondary N) is 2. The summed E-state index contributed by atoms with van der Waals surface area (Å²) in [7, 11) is 0. The third kappa shape index (κ3) is 4.14. The van der Waals surface area contributed by atoms with Crippen molar-refractivity contribution < 1.29 is 4.39 Å². The summed E-state index contributed by atoms with van der Waals surface area (Å²) in [5.41, 5.74) is 0.407. The standard InChI is InChI=1S/C14H18BrFN2S/c1-9-4-2-3-5-12(9)17-14(19)18-13-7-6-10(15)8-11(13)16/h6-9,12H,2-5H2,1H3,(H2,17,18,19)/t9-,12+/m1/s1. The van der Waals surface area contributed by atoms with Crippen molar-refractivity contribution in [1.82, 2.24) is 5.32 Å². The van der Waals surface area contributed by atoms with Crippen LogP contribution < -0.4 is 10.6 Å². The Hall–Kier alpha value is -0.680. The zero-order valence-electron chi connectivity index (χ0n) is 10.9. The molecule has 104 valence electrons. The van der Waals surface area contributed by atoms with E-state index >= 15 is 0 Å². The second-order valence-corrected chi connectivity index (χ2v) is 6.41. The molecule has 2 atom stereocenters. The van der Waals surface area contributed by atoms with Gasteiger partial charge in [0.15, 0.2) is 5.11 Å². The first-order chi connectivity index (χ1) is 9.06. The molecule has 2 nitrogen and oxygen atoms in total. The molecule has 1 aliphatic rings. The third-order valence-electron chi connectivity index (χ3n) is 3.61. The molecule has 1 aliphatic carbocycles. The van der Waals surface area contributed by atoms with Crippen LogP contribution in [0.4, 0.5) is 10.1 Å². The molecule has 19 heavy (non-hydrogen) atoms. The van der Waals surface area contributed by atoms with Crippen molar-refractivity contribution in [3.63, 3.8) is 0 Å². The predicted octanol–water partition coefficient (Wildman–Crippen LogP) is 4.45. The molecule has 0 bridgehead atoms. The first-order valence-electron chi connectivity index (χ1n) is 6.59. The van der Waals surface area contributed by atoms with E-state index in [0.717, 1.165) is 10.9 Å². The van der Waals surface area contributed by atoms with Crippen LogP contribution in [0, 0.1) is 11.7 Å². The van der Waals surface area contributed by atoms with Crippen molar-refractivity contribution >= 4 is 38.9 Å². The second-order valence-electron chi connectivity index (χ2n) is 5.09. The highest BCUT2D eigenvalue weighted by atomic mass is 79.9. The van der Waals surface area contributed by atoms with Gasteiger partial charge in [0.1, 0.15) is 5.82 Å². The maximum Gasteiger partial charge on any atom is 0.171 e. The van der Waals surface area contributed by atoms with Crippen molar-refractivity contribution in [3.05, 3.63) is 28.5 Å². The van der Waals surface area contributed by atoms with Gasteiger partial charge in [-0.25, -0.2) is 4.39 Å². The molecule has 0 amide bonds. The Bertz CT molecular complexity index is 467. The molecule has 2 rings (SSSR count). The fourth-order valence-electron chi connectivity index (χ4n) is 2.45. The Balaban J connectivity index is 1.93. The number of hydrogen-bond acceptors (Lipinski definition) is 1. The molecule has 1 aromatic rings. The first-order valence-corrected chi connectivity index (χ1v) is 7.79. The van der Waals surface area contributed by atoms with E-state index in [0.29, 0.717) is 22.8 Å². The number of benzene rings is 1. The molecule has 5 heteroatoms. The Morgan fingerprint density at radius 1 is 1.37 bits per heavy atom. The van der Waals surface area contributed by atoms with Gasteiger partial charge in [-0.15, -0.1) is 0 Å². The molecule has 0 aromatic heterocycles. The van der Waals surface area contributed by atoms with Crippen LogP contribution in [-0.4, -0.2) is 11.2 Å². The van der Waals surface area contributed by atoms with Crippen molar-refractivity contribution in [2.75, 3.05) is 5.32 Å². The second kappa shape index (κ2) is 6.66. The van der Waals surface area contributed by atoms with Gasteiger partial charge in [-0.3, -0.25) is 0 Å². The van der Waals surface area contributed by atoms with Crippen LogP contribution in [0.3, 0.4) is 0 Å². The summed E-state index contributed by atoms with van der Waals surface area (Å²) < 4.78 is 14.4. The average Bonchev–Trinajstić information content (AvgIpc) is 2.36. The summed E-state index contributed by atoms with van der Waals surface area (Å²) in [5.74, 6) is 0.304. The normalized spacial score (nSPS) is 22.9. The molecule has 1 saturated carbocycles. The van der Waals surface area contributed by atoms with Crippen LogP contribution in [0.1, 0.15) is 32.6 Å². The minimum atomic E-state index is -0.310. The van der Waals surface area contributed by atoms with Crippen LogP contribution in [0.5, 0.6) is 0 Å². The zero-order valence-corrected chi connectivity index (χ0v) is 13.3. The minimum Gasteiger partial charge on any atom is -0.359 e. The molecule has 2 N–H and O–H groups in total.